The van der Waals surface area contributed by atoms with E-state index in [-0.39, 0.29) is 0 Å². The van der Waals surface area contributed by atoms with Crippen molar-refractivity contribution in [3.63, 3.8) is 0 Å². The van der Waals surface area contributed by atoms with Gasteiger partial charge in [0.15, 0.2) is 0 Å². The summed E-state index contributed by atoms with van der Waals surface area (Å²) in [6.45, 7) is 5.78. The Kier molecular flexibility index (Phi) is 1.90. The summed E-state index contributed by atoms with van der Waals surface area (Å²) in [6, 6.07) is 0.319. The maximum absolute atomic E-state index is 3.66. The summed E-state index contributed by atoms with van der Waals surface area (Å²) in [5.74, 6) is 0. The van der Waals surface area contributed by atoms with Gasteiger partial charge in [-0.2, -0.15) is 0 Å². The van der Waals surface area contributed by atoms with Gasteiger partial charge in [0.1, 0.15) is 0 Å². The van der Waals surface area contributed by atoms with Gasteiger partial charge in [-0.3, -0.25) is 0 Å². The minimum atomic E-state index is 0.319. The highest BCUT2D eigenvalue weighted by Crippen LogP contribution is 2.03. The molecule has 1 aliphatic heterocycles. The Hall–Kier alpha value is -0.760. The van der Waals surface area contributed by atoms with Crippen molar-refractivity contribution < 1.29 is 0 Å². The maximum Gasteiger partial charge on any atom is 0.0638 e. The number of nitrogens with one attached hydrogen (secondary N) is 2. The van der Waals surface area contributed by atoms with Gasteiger partial charge in [-0.1, -0.05) is 13.0 Å². The summed E-state index contributed by atoms with van der Waals surface area (Å²) < 4.78 is 0. The lowest BCUT2D eigenvalue weighted by Gasteiger charge is -2.00. The van der Waals surface area contributed by atoms with Crippen molar-refractivity contribution in [3.8, 4) is 0 Å². The van der Waals surface area contributed by atoms with Crippen molar-refractivity contribution in [3.05, 3.63) is 24.4 Å². The zero-order chi connectivity index (χ0) is 6.69. The Morgan fingerprint density at radius 3 is 3.00 bits per heavy atom. The fraction of sp³-hybridized carbons (Fsp3) is 0.429. The van der Waals surface area contributed by atoms with Gasteiger partial charge in [0, 0.05) is 5.70 Å². The lowest BCUT2D eigenvalue weighted by Crippen LogP contribution is -2.30. The fourth-order valence-corrected chi connectivity index (χ4v) is 0.809. The molecule has 0 fully saturated rings. The standard InChI is InChI=1S/C7H12N2/c1-3-6-5-7(4-2)9-8-6/h3,5-6,8-9H,1,4H2,2H3. The molecule has 0 spiro atoms. The summed E-state index contributed by atoms with van der Waals surface area (Å²) in [5.41, 5.74) is 7.34. The van der Waals surface area contributed by atoms with E-state index in [0.29, 0.717) is 6.04 Å². The molecule has 1 rings (SSSR count). The molecule has 50 valence electrons. The molecule has 0 aromatic rings. The second-order valence-corrected chi connectivity index (χ2v) is 2.08. The molecular formula is C7H12N2. The Balaban J connectivity index is 2.49. The molecule has 0 saturated heterocycles. The van der Waals surface area contributed by atoms with Crippen LogP contribution in [-0.2, 0) is 0 Å². The molecule has 9 heavy (non-hydrogen) atoms. The average molecular weight is 124 g/mol. The van der Waals surface area contributed by atoms with Crippen molar-refractivity contribution >= 4 is 0 Å². The van der Waals surface area contributed by atoms with Crippen LogP contribution in [0.2, 0.25) is 0 Å². The number of hydrogen-bond acceptors (Lipinski definition) is 2. The second kappa shape index (κ2) is 2.69. The first-order valence-electron chi connectivity index (χ1n) is 3.21. The van der Waals surface area contributed by atoms with E-state index < -0.39 is 0 Å². The molecule has 1 aliphatic rings. The first-order valence-corrected chi connectivity index (χ1v) is 3.21. The minimum absolute atomic E-state index is 0.319. The van der Waals surface area contributed by atoms with Gasteiger partial charge in [-0.05, 0) is 12.5 Å². The van der Waals surface area contributed by atoms with E-state index in [4.69, 9.17) is 0 Å². The van der Waals surface area contributed by atoms with Crippen molar-refractivity contribution in [1.82, 2.24) is 10.9 Å². The Labute approximate surface area is 55.6 Å². The Morgan fingerprint density at radius 2 is 2.67 bits per heavy atom. The van der Waals surface area contributed by atoms with Crippen LogP contribution >= 0.6 is 0 Å². The van der Waals surface area contributed by atoms with Crippen LogP contribution in [0.3, 0.4) is 0 Å². The molecule has 2 heteroatoms. The fourth-order valence-electron chi connectivity index (χ4n) is 0.809. The highest BCUT2D eigenvalue weighted by atomic mass is 15.4. The first kappa shape index (κ1) is 6.36. The van der Waals surface area contributed by atoms with Crippen LogP contribution in [0.1, 0.15) is 13.3 Å². The number of hydrazine groups is 1. The molecule has 0 aromatic carbocycles. The van der Waals surface area contributed by atoms with Crippen LogP contribution in [0.5, 0.6) is 0 Å². The molecule has 1 atom stereocenters. The number of hydrogen-bond donors (Lipinski definition) is 2. The Morgan fingerprint density at radius 1 is 1.89 bits per heavy atom. The van der Waals surface area contributed by atoms with Gasteiger partial charge >= 0.3 is 0 Å². The molecule has 0 amide bonds. The number of rotatable bonds is 2. The monoisotopic (exact) mass is 124 g/mol. The van der Waals surface area contributed by atoms with Crippen LogP contribution in [0.15, 0.2) is 24.4 Å². The summed E-state index contributed by atoms with van der Waals surface area (Å²) >= 11 is 0. The second-order valence-electron chi connectivity index (χ2n) is 2.08. The number of allylic oxidation sites excluding steroid dienone is 1. The summed E-state index contributed by atoms with van der Waals surface area (Å²) in [4.78, 5) is 0. The highest BCUT2D eigenvalue weighted by Gasteiger charge is 2.07. The van der Waals surface area contributed by atoms with Crippen LogP contribution in [-0.4, -0.2) is 6.04 Å². The van der Waals surface area contributed by atoms with Crippen molar-refractivity contribution in [2.75, 3.05) is 0 Å². The van der Waals surface area contributed by atoms with Crippen molar-refractivity contribution in [2.45, 2.75) is 19.4 Å². The zero-order valence-electron chi connectivity index (χ0n) is 5.65. The smallest absolute Gasteiger partial charge is 0.0638 e. The van der Waals surface area contributed by atoms with Crippen LogP contribution < -0.4 is 10.9 Å². The summed E-state index contributed by atoms with van der Waals surface area (Å²) in [7, 11) is 0. The van der Waals surface area contributed by atoms with Crippen LogP contribution in [0.4, 0.5) is 0 Å². The Bertz CT molecular complexity index is 138. The molecule has 0 aromatic heterocycles. The first-order chi connectivity index (χ1) is 4.36. The molecule has 0 bridgehead atoms. The highest BCUT2D eigenvalue weighted by molar-refractivity contribution is 5.14. The van der Waals surface area contributed by atoms with E-state index in [1.165, 1.54) is 5.70 Å². The largest absolute Gasteiger partial charge is 0.325 e. The third kappa shape index (κ3) is 1.33. The molecule has 0 saturated carbocycles. The summed E-state index contributed by atoms with van der Waals surface area (Å²) in [6.07, 6.45) is 5.06. The van der Waals surface area contributed by atoms with E-state index in [2.05, 4.69) is 30.4 Å². The SMILES string of the molecule is C=CC1C=C(CC)NN1. The predicted octanol–water partition coefficient (Wildman–Crippen LogP) is 0.943. The molecule has 0 radical (unpaired) electrons. The molecule has 1 heterocycles. The van der Waals surface area contributed by atoms with Crippen molar-refractivity contribution in [1.29, 1.82) is 0 Å². The third-order valence-corrected chi connectivity index (χ3v) is 1.41. The van der Waals surface area contributed by atoms with Gasteiger partial charge in [-0.15, -0.1) is 6.58 Å². The normalized spacial score (nSPS) is 25.0. The molecule has 2 nitrogen and oxygen atoms in total. The van der Waals surface area contributed by atoms with Crippen LogP contribution in [0, 0.1) is 0 Å². The van der Waals surface area contributed by atoms with Gasteiger partial charge in [0.2, 0.25) is 0 Å². The molecular weight excluding hydrogens is 112 g/mol. The molecule has 0 aliphatic carbocycles. The topological polar surface area (TPSA) is 24.1 Å². The van der Waals surface area contributed by atoms with E-state index in [1.54, 1.807) is 0 Å². The lowest BCUT2D eigenvalue weighted by molar-refractivity contribution is 0.630. The van der Waals surface area contributed by atoms with Gasteiger partial charge in [-0.25, -0.2) is 5.43 Å². The third-order valence-electron chi connectivity index (χ3n) is 1.41. The minimum Gasteiger partial charge on any atom is -0.325 e. The van der Waals surface area contributed by atoms with Crippen molar-refractivity contribution in [2.24, 2.45) is 0 Å². The van der Waals surface area contributed by atoms with E-state index >= 15 is 0 Å². The van der Waals surface area contributed by atoms with Gasteiger partial charge in [0.05, 0.1) is 6.04 Å². The van der Waals surface area contributed by atoms with E-state index in [0.717, 1.165) is 6.42 Å². The molecule has 1 unspecified atom stereocenters. The quantitative estimate of drug-likeness (QED) is 0.535. The summed E-state index contributed by atoms with van der Waals surface area (Å²) in [5, 5.41) is 0. The molecule has 2 N–H and O–H groups in total. The van der Waals surface area contributed by atoms with E-state index in [9.17, 15) is 0 Å². The van der Waals surface area contributed by atoms with Gasteiger partial charge in [0.25, 0.3) is 0 Å². The zero-order valence-corrected chi connectivity index (χ0v) is 5.65. The van der Waals surface area contributed by atoms with E-state index in [1.807, 2.05) is 6.08 Å². The lowest BCUT2D eigenvalue weighted by atomic mass is 10.2. The van der Waals surface area contributed by atoms with Gasteiger partial charge < -0.3 is 5.43 Å². The van der Waals surface area contributed by atoms with Crippen LogP contribution in [0.25, 0.3) is 0 Å². The predicted molar refractivity (Wildman–Crippen MR) is 38.6 cm³/mol. The average Bonchev–Trinajstić information content (AvgIpc) is 2.34. The maximum atomic E-state index is 3.66.